The molecular formula is C20H21N7O3S. The highest BCUT2D eigenvalue weighted by molar-refractivity contribution is 7.99. The zero-order valence-corrected chi connectivity index (χ0v) is 17.7. The predicted octanol–water partition coefficient (Wildman–Crippen LogP) is 3.51. The summed E-state index contributed by atoms with van der Waals surface area (Å²) < 4.78 is 1.47. The first kappa shape index (κ1) is 20.8. The van der Waals surface area contributed by atoms with E-state index < -0.39 is 10.8 Å². The van der Waals surface area contributed by atoms with E-state index in [0.29, 0.717) is 15.7 Å². The van der Waals surface area contributed by atoms with Crippen LogP contribution < -0.4 is 10.2 Å². The van der Waals surface area contributed by atoms with E-state index in [-0.39, 0.29) is 11.3 Å². The quantitative estimate of drug-likeness (QED) is 0.458. The molecule has 10 nitrogen and oxygen atoms in total. The van der Waals surface area contributed by atoms with Gasteiger partial charge in [0.25, 0.3) is 11.6 Å². The molecule has 0 atom stereocenters. The molecule has 1 aromatic heterocycles. The number of nitro benzene ring substituents is 1. The molecule has 4 rings (SSSR count). The van der Waals surface area contributed by atoms with E-state index in [1.165, 1.54) is 42.1 Å². The Morgan fingerprint density at radius 1 is 1.13 bits per heavy atom. The van der Waals surface area contributed by atoms with E-state index >= 15 is 0 Å². The molecule has 0 spiro atoms. The van der Waals surface area contributed by atoms with Crippen molar-refractivity contribution in [2.24, 2.45) is 7.05 Å². The van der Waals surface area contributed by atoms with Crippen LogP contribution in [0.25, 0.3) is 0 Å². The minimum absolute atomic E-state index is 0.161. The Balaban J connectivity index is 1.55. The number of hydrogen-bond acceptors (Lipinski definition) is 8. The van der Waals surface area contributed by atoms with Gasteiger partial charge in [-0.3, -0.25) is 14.9 Å². The molecule has 2 heterocycles. The number of nitrogens with one attached hydrogen (secondary N) is 1. The van der Waals surface area contributed by atoms with Crippen molar-refractivity contribution in [3.8, 4) is 0 Å². The smallest absolute Gasteiger partial charge is 0.270 e. The molecule has 2 aromatic carbocycles. The predicted molar refractivity (Wildman–Crippen MR) is 116 cm³/mol. The molecule has 0 bridgehead atoms. The van der Waals surface area contributed by atoms with Gasteiger partial charge in [-0.1, -0.05) is 0 Å². The third-order valence-corrected chi connectivity index (χ3v) is 6.15. The number of carbonyl (C=O) groups excluding carboxylic acids is 1. The Hall–Kier alpha value is -3.47. The van der Waals surface area contributed by atoms with Crippen LogP contribution >= 0.6 is 11.8 Å². The molecule has 11 heteroatoms. The number of hydrogen-bond donors (Lipinski definition) is 1. The number of non-ortho nitro benzene ring substituents is 1. The molecule has 0 aliphatic carbocycles. The largest absolute Gasteiger partial charge is 0.372 e. The van der Waals surface area contributed by atoms with E-state index in [9.17, 15) is 14.9 Å². The Labute approximate surface area is 182 Å². The van der Waals surface area contributed by atoms with Crippen molar-refractivity contribution in [3.63, 3.8) is 0 Å². The molecule has 1 aliphatic rings. The first-order valence-electron chi connectivity index (χ1n) is 9.86. The van der Waals surface area contributed by atoms with Crippen LogP contribution in [0.4, 0.5) is 17.1 Å². The summed E-state index contributed by atoms with van der Waals surface area (Å²) in [5.41, 5.74) is 1.76. The van der Waals surface area contributed by atoms with Crippen molar-refractivity contribution in [2.75, 3.05) is 23.3 Å². The number of tetrazole rings is 1. The van der Waals surface area contributed by atoms with Crippen LogP contribution in [0, 0.1) is 10.1 Å². The number of benzene rings is 2. The Kier molecular flexibility index (Phi) is 6.12. The fraction of sp³-hybridized carbons (Fsp3) is 0.300. The lowest BCUT2D eigenvalue weighted by atomic mass is 10.1. The highest BCUT2D eigenvalue weighted by Gasteiger charge is 2.20. The molecule has 1 aliphatic heterocycles. The second-order valence-electron chi connectivity index (χ2n) is 7.17. The maximum absolute atomic E-state index is 13.0. The molecule has 0 saturated carbocycles. The molecule has 1 saturated heterocycles. The van der Waals surface area contributed by atoms with Crippen molar-refractivity contribution < 1.29 is 9.72 Å². The van der Waals surface area contributed by atoms with E-state index in [2.05, 4.69) is 25.7 Å². The van der Waals surface area contributed by atoms with Crippen molar-refractivity contribution in [1.82, 2.24) is 20.2 Å². The second kappa shape index (κ2) is 9.13. The lowest BCUT2D eigenvalue weighted by Gasteiger charge is -2.28. The number of aromatic nitrogens is 4. The number of nitro groups is 1. The van der Waals surface area contributed by atoms with E-state index in [4.69, 9.17) is 0 Å². The van der Waals surface area contributed by atoms with Gasteiger partial charge in [0.15, 0.2) is 0 Å². The SMILES string of the molecule is Cn1nnnc1Sc1ccc([N+](=O)[O-])cc1C(=O)Nc1ccc(N2CCCCC2)cc1. The van der Waals surface area contributed by atoms with Gasteiger partial charge in [0.2, 0.25) is 5.16 Å². The average molecular weight is 440 g/mol. The molecule has 160 valence electrons. The molecule has 1 amide bonds. The number of anilines is 2. The molecular weight excluding hydrogens is 418 g/mol. The standard InChI is InChI=1S/C20H21N7O3S/c1-25-20(22-23-24-25)31-18-10-9-16(27(29)30)13-17(18)19(28)21-14-5-7-15(8-6-14)26-11-3-2-4-12-26/h5-10,13H,2-4,11-12H2,1H3,(H,21,28). The topological polar surface area (TPSA) is 119 Å². The zero-order chi connectivity index (χ0) is 21.8. The summed E-state index contributed by atoms with van der Waals surface area (Å²) in [4.78, 5) is 26.6. The van der Waals surface area contributed by atoms with Gasteiger partial charge in [0, 0.05) is 48.5 Å². The van der Waals surface area contributed by atoms with Crippen molar-refractivity contribution in [3.05, 3.63) is 58.1 Å². The van der Waals surface area contributed by atoms with Gasteiger partial charge >= 0.3 is 0 Å². The van der Waals surface area contributed by atoms with Crippen LogP contribution in [0.15, 0.2) is 52.5 Å². The second-order valence-corrected chi connectivity index (χ2v) is 8.18. The zero-order valence-electron chi connectivity index (χ0n) is 16.9. The fourth-order valence-corrected chi connectivity index (χ4v) is 4.25. The fourth-order valence-electron chi connectivity index (χ4n) is 3.41. The van der Waals surface area contributed by atoms with E-state index in [1.807, 2.05) is 24.3 Å². The summed E-state index contributed by atoms with van der Waals surface area (Å²) in [7, 11) is 1.68. The first-order chi connectivity index (χ1) is 15.0. The number of aryl methyl sites for hydroxylation is 1. The maximum Gasteiger partial charge on any atom is 0.270 e. The van der Waals surface area contributed by atoms with Gasteiger partial charge in [-0.25, -0.2) is 4.68 Å². The van der Waals surface area contributed by atoms with Gasteiger partial charge in [0.05, 0.1) is 10.5 Å². The van der Waals surface area contributed by atoms with Crippen molar-refractivity contribution in [2.45, 2.75) is 29.3 Å². The van der Waals surface area contributed by atoms with Gasteiger partial charge in [-0.2, -0.15) is 0 Å². The molecule has 0 radical (unpaired) electrons. The lowest BCUT2D eigenvalue weighted by Crippen LogP contribution is -2.29. The molecule has 1 fully saturated rings. The summed E-state index contributed by atoms with van der Waals surface area (Å²) in [6.07, 6.45) is 3.64. The molecule has 0 unspecified atom stereocenters. The molecule has 3 aromatic rings. The highest BCUT2D eigenvalue weighted by Crippen LogP contribution is 2.31. The first-order valence-corrected chi connectivity index (χ1v) is 10.7. The summed E-state index contributed by atoms with van der Waals surface area (Å²) in [6.45, 7) is 2.08. The van der Waals surface area contributed by atoms with Crippen molar-refractivity contribution in [1.29, 1.82) is 0 Å². The van der Waals surface area contributed by atoms with Crippen LogP contribution in [0.2, 0.25) is 0 Å². The van der Waals surface area contributed by atoms with Crippen LogP contribution in [0.5, 0.6) is 0 Å². The lowest BCUT2D eigenvalue weighted by molar-refractivity contribution is -0.384. The van der Waals surface area contributed by atoms with Crippen LogP contribution in [0.3, 0.4) is 0 Å². The highest BCUT2D eigenvalue weighted by atomic mass is 32.2. The summed E-state index contributed by atoms with van der Waals surface area (Å²) in [5, 5.41) is 25.8. The Morgan fingerprint density at radius 2 is 1.87 bits per heavy atom. The van der Waals surface area contributed by atoms with Crippen LogP contribution in [0.1, 0.15) is 29.6 Å². The number of piperidine rings is 1. The monoisotopic (exact) mass is 439 g/mol. The van der Waals surface area contributed by atoms with E-state index in [1.54, 1.807) is 7.05 Å². The molecule has 1 N–H and O–H groups in total. The van der Waals surface area contributed by atoms with Gasteiger partial charge in [0.1, 0.15) is 0 Å². The summed E-state index contributed by atoms with van der Waals surface area (Å²) in [6, 6.07) is 11.8. The van der Waals surface area contributed by atoms with Gasteiger partial charge in [-0.05, 0) is 71.8 Å². The molecule has 31 heavy (non-hydrogen) atoms. The minimum atomic E-state index is -0.525. The van der Waals surface area contributed by atoms with Crippen molar-refractivity contribution >= 4 is 34.7 Å². The van der Waals surface area contributed by atoms with E-state index in [0.717, 1.165) is 30.5 Å². The average Bonchev–Trinajstić information content (AvgIpc) is 3.19. The third-order valence-electron chi connectivity index (χ3n) is 5.05. The minimum Gasteiger partial charge on any atom is -0.372 e. The van der Waals surface area contributed by atoms with Gasteiger partial charge in [-0.15, -0.1) is 5.10 Å². The summed E-state index contributed by atoms with van der Waals surface area (Å²) in [5.74, 6) is -0.438. The Morgan fingerprint density at radius 3 is 2.52 bits per heavy atom. The normalized spacial score (nSPS) is 13.8. The number of rotatable bonds is 6. The third kappa shape index (κ3) is 4.82. The number of carbonyl (C=O) groups is 1. The van der Waals surface area contributed by atoms with Gasteiger partial charge < -0.3 is 10.2 Å². The number of nitrogens with zero attached hydrogens (tertiary/aromatic N) is 6. The maximum atomic E-state index is 13.0. The van der Waals surface area contributed by atoms with Crippen LogP contribution in [-0.4, -0.2) is 44.1 Å². The number of amides is 1. The summed E-state index contributed by atoms with van der Waals surface area (Å²) >= 11 is 1.16. The Bertz CT molecular complexity index is 1090. The van der Waals surface area contributed by atoms with Crippen LogP contribution in [-0.2, 0) is 7.05 Å².